The minimum Gasteiger partial charge on any atom is -0.394 e. The molecule has 13 nitrogen and oxygen atoms in total. The van der Waals surface area contributed by atoms with Crippen molar-refractivity contribution in [1.82, 2.24) is 0 Å². The number of hydrogen-bond donors (Lipinski definition) is 2. The third kappa shape index (κ3) is 5.66. The first-order valence-electron chi connectivity index (χ1n) is 20.1. The van der Waals surface area contributed by atoms with Crippen LogP contribution >= 0.6 is 0 Å². The molecule has 0 aromatic heterocycles. The molecule has 2 spiro atoms. The molecule has 9 fully saturated rings. The predicted octanol–water partition coefficient (Wildman–Crippen LogP) is 2.70. The number of carbonyl (C=O) groups is 1. The first kappa shape index (κ1) is 35.1. The van der Waals surface area contributed by atoms with Gasteiger partial charge in [0.25, 0.3) is 0 Å². The lowest BCUT2D eigenvalue weighted by atomic mass is 9.79. The van der Waals surface area contributed by atoms with Crippen LogP contribution < -0.4 is 0 Å². The van der Waals surface area contributed by atoms with Gasteiger partial charge in [-0.2, -0.15) is 0 Å². The SMILES string of the molecule is C=C1C[C@@H]2CC[C@@]34C[C@H]5OC6[C@@H](O[C@H]7CC[C@@H]8CC(=O)C[C@@H]9[C@@H](OC)[C@@H](C[C@H](O)CO)O[C@H]9C[C@H]9O[C@@H](CC[C@@H]1O2)C[C@@H](C)/C9=N/[C@@]7(O8)[C@@H]6O3)[C@H]5O4. The summed E-state index contributed by atoms with van der Waals surface area (Å²) in [5.41, 5.74) is 0.764. The maximum absolute atomic E-state index is 14.1. The molecule has 0 saturated carbocycles. The smallest absolute Gasteiger partial charge is 0.214 e. The fourth-order valence-electron chi connectivity index (χ4n) is 11.8. The molecule has 19 atom stereocenters. The van der Waals surface area contributed by atoms with Crippen LogP contribution in [0.1, 0.15) is 90.4 Å². The van der Waals surface area contributed by atoms with Crippen molar-refractivity contribution in [3.63, 3.8) is 0 Å². The minimum absolute atomic E-state index is 0.0249. The van der Waals surface area contributed by atoms with Gasteiger partial charge in [0.2, 0.25) is 5.72 Å². The van der Waals surface area contributed by atoms with Gasteiger partial charge < -0.3 is 52.8 Å². The van der Waals surface area contributed by atoms with E-state index in [0.717, 1.165) is 43.4 Å². The van der Waals surface area contributed by atoms with Gasteiger partial charge in [-0.15, -0.1) is 0 Å². The Bertz CT molecular complexity index is 1460. The number of Topliss-reactive ketones (excluding diaryl/α,β-unsaturated/α-hetero) is 1. The molecular weight excluding hydrogens is 674 g/mol. The molecule has 12 aliphatic heterocycles. The Kier molecular flexibility index (Phi) is 8.85. The molecule has 0 aliphatic carbocycles. The molecule has 0 aromatic carbocycles. The second-order valence-corrected chi connectivity index (χ2v) is 17.5. The van der Waals surface area contributed by atoms with E-state index in [0.29, 0.717) is 32.1 Å². The van der Waals surface area contributed by atoms with Gasteiger partial charge in [-0.05, 0) is 56.4 Å². The Hall–Kier alpha value is -1.36. The van der Waals surface area contributed by atoms with E-state index in [-0.39, 0.29) is 80.1 Å². The number of fused-ring (bicyclic) bond motifs is 5. The van der Waals surface area contributed by atoms with E-state index >= 15 is 0 Å². The lowest BCUT2D eigenvalue weighted by Crippen LogP contribution is -2.70. The van der Waals surface area contributed by atoms with E-state index in [9.17, 15) is 15.0 Å². The molecule has 2 N–H and O–H groups in total. The van der Waals surface area contributed by atoms with Gasteiger partial charge in [-0.25, -0.2) is 0 Å². The molecule has 0 amide bonds. The first-order chi connectivity index (χ1) is 25.1. The Balaban J connectivity index is 1.09. The number of ketones is 1. The summed E-state index contributed by atoms with van der Waals surface area (Å²) >= 11 is 0. The molecule has 288 valence electrons. The van der Waals surface area contributed by atoms with Gasteiger partial charge in [-0.3, -0.25) is 9.79 Å². The van der Waals surface area contributed by atoms with Crippen molar-refractivity contribution < 1.29 is 57.6 Å². The average Bonchev–Trinajstić information content (AvgIpc) is 3.78. The van der Waals surface area contributed by atoms with Gasteiger partial charge in [-0.1, -0.05) is 13.5 Å². The first-order valence-corrected chi connectivity index (χ1v) is 20.1. The third-order valence-corrected chi connectivity index (χ3v) is 14.1. The molecule has 9 saturated heterocycles. The largest absolute Gasteiger partial charge is 0.394 e. The summed E-state index contributed by atoms with van der Waals surface area (Å²) in [6.45, 7) is 6.27. The van der Waals surface area contributed by atoms with Crippen molar-refractivity contribution in [2.45, 2.75) is 193 Å². The van der Waals surface area contributed by atoms with E-state index < -0.39 is 66.4 Å². The lowest BCUT2D eigenvalue weighted by molar-refractivity contribution is -0.330. The number of carbonyl (C=O) groups excluding carboxylic acids is 1. The number of hydrogen-bond acceptors (Lipinski definition) is 13. The van der Waals surface area contributed by atoms with E-state index in [1.165, 1.54) is 0 Å². The van der Waals surface area contributed by atoms with E-state index in [2.05, 4.69) is 13.5 Å². The van der Waals surface area contributed by atoms with Gasteiger partial charge >= 0.3 is 0 Å². The minimum atomic E-state index is -1.26. The summed E-state index contributed by atoms with van der Waals surface area (Å²) in [6.07, 6.45) is 2.47. The summed E-state index contributed by atoms with van der Waals surface area (Å²) in [5, 5.41) is 20.1. The maximum Gasteiger partial charge on any atom is 0.214 e. The molecule has 1 unspecified atom stereocenters. The van der Waals surface area contributed by atoms with Crippen LogP contribution in [-0.2, 0) is 47.4 Å². The van der Waals surface area contributed by atoms with Crippen molar-refractivity contribution >= 4 is 11.5 Å². The summed E-state index contributed by atoms with van der Waals surface area (Å²) in [4.78, 5) is 19.8. The molecule has 12 heterocycles. The maximum atomic E-state index is 14.1. The number of nitrogens with zero attached hydrogens (tertiary/aromatic N) is 1. The van der Waals surface area contributed by atoms with Gasteiger partial charge in [0.1, 0.15) is 36.3 Å². The topological polar surface area (TPSA) is 153 Å². The highest BCUT2D eigenvalue weighted by molar-refractivity contribution is 5.92. The van der Waals surface area contributed by atoms with Crippen LogP contribution in [-0.4, -0.2) is 138 Å². The number of aliphatic hydroxyl groups excluding tert-OH is 2. The average molecular weight is 730 g/mol. The summed E-state index contributed by atoms with van der Waals surface area (Å²) in [6, 6.07) is 0. The van der Waals surface area contributed by atoms with Crippen LogP contribution in [0.15, 0.2) is 17.1 Å². The molecule has 0 radical (unpaired) electrons. The number of ether oxygens (including phenoxy) is 9. The Morgan fingerprint density at radius 2 is 1.73 bits per heavy atom. The number of rotatable bonds is 4. The summed E-state index contributed by atoms with van der Waals surface area (Å²) in [5.74, 6) is -1.04. The summed E-state index contributed by atoms with van der Waals surface area (Å²) in [7, 11) is 1.63. The van der Waals surface area contributed by atoms with Crippen molar-refractivity contribution in [2.75, 3.05) is 13.7 Å². The highest BCUT2D eigenvalue weighted by Crippen LogP contribution is 2.58. The molecular formula is C39H55NO12. The second kappa shape index (κ2) is 13.1. The van der Waals surface area contributed by atoms with Gasteiger partial charge in [0.15, 0.2) is 5.79 Å². The normalized spacial score (nSPS) is 55.3. The van der Waals surface area contributed by atoms with Crippen LogP contribution in [0, 0.1) is 11.8 Å². The van der Waals surface area contributed by atoms with E-state index in [1.807, 2.05) is 0 Å². The van der Waals surface area contributed by atoms with Crippen LogP contribution in [0.25, 0.3) is 0 Å². The monoisotopic (exact) mass is 729 g/mol. The Morgan fingerprint density at radius 1 is 0.885 bits per heavy atom. The standard InChI is InChI=1S/C39H55NO12/c1-18-10-23-8-9-38-16-30-34(51-38)35-36(48-30)37(52-38)39-31(49-35)7-5-24(50-39)12-20(42)13-25-27(47-29(33(25)44-3)14-21(43)17-41)15-28-32(40-39)19(2)11-22(46-28)4-6-26(18)45-23/h19,21-31,33-37,41,43H,1,4-17H2,2-3H3/b40-32-/t19-,21+,22+,23+,24-,25+,26+,27+,28-,29-,30-,31+,33-,34+,35+,36?,37-,38+,39+/m1/s1. The molecule has 12 aliphatic rings. The number of aliphatic hydroxyl groups is 2. The fraction of sp³-hybridized carbons (Fsp3) is 0.897. The van der Waals surface area contributed by atoms with Crippen LogP contribution in [0.4, 0.5) is 0 Å². The molecule has 52 heavy (non-hydrogen) atoms. The third-order valence-electron chi connectivity index (χ3n) is 14.1. The van der Waals surface area contributed by atoms with Crippen LogP contribution in [0.2, 0.25) is 0 Å². The van der Waals surface area contributed by atoms with Gasteiger partial charge in [0.05, 0.1) is 67.6 Å². The number of methoxy groups -OCH3 is 1. The van der Waals surface area contributed by atoms with Crippen molar-refractivity contribution in [3.05, 3.63) is 12.2 Å². The predicted molar refractivity (Wildman–Crippen MR) is 182 cm³/mol. The van der Waals surface area contributed by atoms with Crippen LogP contribution in [0.3, 0.4) is 0 Å². The van der Waals surface area contributed by atoms with Crippen molar-refractivity contribution in [3.8, 4) is 0 Å². The molecule has 12 rings (SSSR count). The zero-order valence-corrected chi connectivity index (χ0v) is 30.3. The van der Waals surface area contributed by atoms with Crippen molar-refractivity contribution in [2.24, 2.45) is 16.8 Å². The highest BCUT2D eigenvalue weighted by atomic mass is 16.8. The summed E-state index contributed by atoms with van der Waals surface area (Å²) < 4.78 is 61.6. The number of aliphatic imine (C=N–C) groups is 1. The zero-order valence-electron chi connectivity index (χ0n) is 30.3. The molecule has 13 heteroatoms. The Morgan fingerprint density at radius 3 is 2.58 bits per heavy atom. The van der Waals surface area contributed by atoms with E-state index in [1.54, 1.807) is 7.11 Å². The van der Waals surface area contributed by atoms with Crippen LogP contribution in [0.5, 0.6) is 0 Å². The molecule has 13 bridgehead atoms. The highest BCUT2D eigenvalue weighted by Gasteiger charge is 2.73. The molecule has 0 aromatic rings. The lowest BCUT2D eigenvalue weighted by Gasteiger charge is -2.54. The zero-order chi connectivity index (χ0) is 35.5. The van der Waals surface area contributed by atoms with Gasteiger partial charge in [0, 0.05) is 57.3 Å². The Labute approximate surface area is 305 Å². The van der Waals surface area contributed by atoms with Crippen molar-refractivity contribution in [1.29, 1.82) is 0 Å². The fourth-order valence-corrected chi connectivity index (χ4v) is 11.8. The van der Waals surface area contributed by atoms with E-state index in [4.69, 9.17) is 47.6 Å². The quantitative estimate of drug-likeness (QED) is 0.410. The second-order valence-electron chi connectivity index (χ2n) is 17.5.